The molecule has 0 aliphatic carbocycles. The van der Waals surface area contributed by atoms with Crippen LogP contribution in [0.1, 0.15) is 43.2 Å². The second-order valence-corrected chi connectivity index (χ2v) is 5.89. The van der Waals surface area contributed by atoms with Gasteiger partial charge in [0.2, 0.25) is 0 Å². The van der Waals surface area contributed by atoms with E-state index < -0.39 is 0 Å². The first-order valence-corrected chi connectivity index (χ1v) is 7.29. The van der Waals surface area contributed by atoms with E-state index in [1.54, 1.807) is 0 Å². The van der Waals surface area contributed by atoms with Gasteiger partial charge in [-0.25, -0.2) is 0 Å². The summed E-state index contributed by atoms with van der Waals surface area (Å²) in [6, 6.07) is 4.06. The molecule has 0 saturated heterocycles. The van der Waals surface area contributed by atoms with Crippen LogP contribution < -0.4 is 10.1 Å². The van der Waals surface area contributed by atoms with Crippen molar-refractivity contribution in [3.63, 3.8) is 0 Å². The number of hydrogen-bond acceptors (Lipinski definition) is 3. The molecular weight excluding hydrogens is 295 g/mol. The highest BCUT2D eigenvalue weighted by Crippen LogP contribution is 2.41. The minimum Gasteiger partial charge on any atom is -0.493 e. The molecule has 1 aromatic rings. The van der Waals surface area contributed by atoms with Gasteiger partial charge in [0.1, 0.15) is 11.6 Å². The van der Waals surface area contributed by atoms with Gasteiger partial charge in [-0.05, 0) is 30.0 Å². The Hall–Kier alpha value is -0.930. The van der Waals surface area contributed by atoms with Gasteiger partial charge in [0.15, 0.2) is 0 Å². The number of halogens is 2. The molecule has 0 amide bonds. The number of rotatable bonds is 2. The first kappa shape index (κ1) is 15.5. The third kappa shape index (κ3) is 2.75. The van der Waals surface area contributed by atoms with Gasteiger partial charge in [-0.1, -0.05) is 25.4 Å². The summed E-state index contributed by atoms with van der Waals surface area (Å²) < 4.78 is 5.92. The topological polar surface area (TPSA) is 33.6 Å². The number of benzene rings is 1. The van der Waals surface area contributed by atoms with Crippen molar-refractivity contribution >= 4 is 29.8 Å². The van der Waals surface area contributed by atoms with Gasteiger partial charge >= 0.3 is 0 Å². The Balaban J connectivity index is 0.00000147. The van der Waals surface area contributed by atoms with E-state index in [0.717, 1.165) is 42.7 Å². The molecule has 1 unspecified atom stereocenters. The third-order valence-electron chi connectivity index (χ3n) is 3.79. The molecule has 0 spiro atoms. The fourth-order valence-corrected chi connectivity index (χ4v) is 3.09. The van der Waals surface area contributed by atoms with Crippen molar-refractivity contribution in [3.8, 4) is 5.75 Å². The van der Waals surface area contributed by atoms with E-state index in [-0.39, 0.29) is 12.4 Å². The van der Waals surface area contributed by atoms with Crippen molar-refractivity contribution in [1.29, 1.82) is 0 Å². The third-order valence-corrected chi connectivity index (χ3v) is 4.01. The van der Waals surface area contributed by atoms with Crippen molar-refractivity contribution < 1.29 is 4.74 Å². The Morgan fingerprint density at radius 3 is 2.85 bits per heavy atom. The first-order valence-electron chi connectivity index (χ1n) is 6.91. The lowest BCUT2D eigenvalue weighted by atomic mass is 9.88. The maximum Gasteiger partial charge on any atom is 0.126 e. The van der Waals surface area contributed by atoms with Crippen molar-refractivity contribution in [1.82, 2.24) is 5.32 Å². The van der Waals surface area contributed by atoms with Crippen molar-refractivity contribution in [2.45, 2.75) is 32.1 Å². The Bertz CT molecular complexity index is 529. The van der Waals surface area contributed by atoms with Gasteiger partial charge in [0.25, 0.3) is 0 Å². The molecule has 3 rings (SSSR count). The summed E-state index contributed by atoms with van der Waals surface area (Å²) in [5.74, 6) is 2.83. The van der Waals surface area contributed by atoms with Crippen molar-refractivity contribution in [2.75, 3.05) is 19.7 Å². The van der Waals surface area contributed by atoms with Crippen molar-refractivity contribution in [3.05, 3.63) is 28.3 Å². The molecule has 1 aromatic carbocycles. The molecule has 0 fully saturated rings. The summed E-state index contributed by atoms with van der Waals surface area (Å²) in [6.07, 6.45) is 0.969. The van der Waals surface area contributed by atoms with Crippen molar-refractivity contribution in [2.24, 2.45) is 4.99 Å². The number of hydrogen-bond donors (Lipinski definition) is 1. The summed E-state index contributed by atoms with van der Waals surface area (Å²) in [7, 11) is 0. The van der Waals surface area contributed by atoms with E-state index in [1.165, 1.54) is 11.1 Å². The smallest absolute Gasteiger partial charge is 0.126 e. The van der Waals surface area contributed by atoms with E-state index in [1.807, 2.05) is 12.1 Å². The second kappa shape index (κ2) is 6.23. The average molecular weight is 315 g/mol. The second-order valence-electron chi connectivity index (χ2n) is 5.45. The van der Waals surface area contributed by atoms with Gasteiger partial charge in [-0.3, -0.25) is 4.99 Å². The molecule has 0 saturated carbocycles. The van der Waals surface area contributed by atoms with E-state index in [2.05, 4.69) is 24.2 Å². The normalized spacial score (nSPS) is 20.6. The van der Waals surface area contributed by atoms with Crippen LogP contribution in [0.4, 0.5) is 0 Å². The maximum absolute atomic E-state index is 6.28. The lowest BCUT2D eigenvalue weighted by molar-refractivity contribution is 0.277. The fourth-order valence-electron chi connectivity index (χ4n) is 2.86. The minimum atomic E-state index is 0. The number of aliphatic imine (C=N–C) groups is 1. The molecule has 5 heteroatoms. The molecule has 20 heavy (non-hydrogen) atoms. The van der Waals surface area contributed by atoms with Crippen LogP contribution in [0.3, 0.4) is 0 Å². The number of nitrogens with one attached hydrogen (secondary N) is 1. The van der Waals surface area contributed by atoms with Crippen LogP contribution in [0.2, 0.25) is 5.02 Å². The van der Waals surface area contributed by atoms with Crippen LogP contribution in [-0.2, 0) is 0 Å². The Morgan fingerprint density at radius 1 is 1.40 bits per heavy atom. The van der Waals surface area contributed by atoms with Gasteiger partial charge in [-0.2, -0.15) is 0 Å². The average Bonchev–Trinajstić information content (AvgIpc) is 2.90. The standard InChI is InChI=1S/C15H19ClN2O.ClH/c1-9(2)12-7-10(16)8-13-11(3-6-19-14(12)13)15-17-4-5-18-15;/h7-9,11H,3-6H2,1-2H3,(H,17,18);1H. The van der Waals surface area contributed by atoms with E-state index in [0.29, 0.717) is 11.8 Å². The van der Waals surface area contributed by atoms with Gasteiger partial charge in [0, 0.05) is 23.0 Å². The summed E-state index contributed by atoms with van der Waals surface area (Å²) in [6.45, 7) is 6.91. The van der Waals surface area contributed by atoms with Crippen LogP contribution in [0.15, 0.2) is 17.1 Å². The molecule has 0 aromatic heterocycles. The number of ether oxygens (including phenoxy) is 1. The molecule has 0 radical (unpaired) electrons. The summed E-state index contributed by atoms with van der Waals surface area (Å²) >= 11 is 6.28. The highest BCUT2D eigenvalue weighted by molar-refractivity contribution is 6.30. The van der Waals surface area contributed by atoms with E-state index in [9.17, 15) is 0 Å². The maximum atomic E-state index is 6.28. The van der Waals surface area contributed by atoms with Gasteiger partial charge < -0.3 is 10.1 Å². The SMILES string of the molecule is CC(C)c1cc(Cl)cc2c1OCCC2C1=NCCN1.Cl. The largest absolute Gasteiger partial charge is 0.493 e. The molecule has 1 N–H and O–H groups in total. The quantitative estimate of drug-likeness (QED) is 0.902. The minimum absolute atomic E-state index is 0. The predicted octanol–water partition coefficient (Wildman–Crippen LogP) is 3.75. The number of fused-ring (bicyclic) bond motifs is 1. The molecule has 2 aliphatic rings. The molecule has 2 aliphatic heterocycles. The highest BCUT2D eigenvalue weighted by atomic mass is 35.5. The van der Waals surface area contributed by atoms with Crippen LogP contribution in [0, 0.1) is 0 Å². The van der Waals surface area contributed by atoms with Crippen LogP contribution in [-0.4, -0.2) is 25.5 Å². The Labute approximate surface area is 131 Å². The first-order chi connectivity index (χ1) is 9.16. The summed E-state index contributed by atoms with van der Waals surface area (Å²) in [5.41, 5.74) is 2.39. The molecular formula is C15H20Cl2N2O. The number of nitrogens with zero attached hydrogens (tertiary/aromatic N) is 1. The van der Waals surface area contributed by atoms with Gasteiger partial charge in [0.05, 0.1) is 13.2 Å². The summed E-state index contributed by atoms with van der Waals surface area (Å²) in [4.78, 5) is 4.57. The molecule has 3 nitrogen and oxygen atoms in total. The molecule has 0 bridgehead atoms. The van der Waals surface area contributed by atoms with Crippen LogP contribution in [0.5, 0.6) is 5.75 Å². The molecule has 110 valence electrons. The lowest BCUT2D eigenvalue weighted by Crippen LogP contribution is -2.30. The molecule has 2 heterocycles. The van der Waals surface area contributed by atoms with E-state index >= 15 is 0 Å². The lowest BCUT2D eigenvalue weighted by Gasteiger charge is -2.29. The highest BCUT2D eigenvalue weighted by Gasteiger charge is 2.29. The van der Waals surface area contributed by atoms with Gasteiger partial charge in [-0.15, -0.1) is 12.4 Å². The zero-order valence-electron chi connectivity index (χ0n) is 11.8. The monoisotopic (exact) mass is 314 g/mol. The Morgan fingerprint density at radius 2 is 2.20 bits per heavy atom. The zero-order chi connectivity index (χ0) is 13.4. The summed E-state index contributed by atoms with van der Waals surface area (Å²) in [5, 5.41) is 4.18. The van der Waals surface area contributed by atoms with Crippen LogP contribution in [0.25, 0.3) is 0 Å². The number of amidine groups is 1. The van der Waals surface area contributed by atoms with Crippen LogP contribution >= 0.6 is 24.0 Å². The van der Waals surface area contributed by atoms with E-state index in [4.69, 9.17) is 16.3 Å². The zero-order valence-corrected chi connectivity index (χ0v) is 13.4. The Kier molecular flexibility index (Phi) is 4.82. The molecule has 1 atom stereocenters. The fraction of sp³-hybridized carbons (Fsp3) is 0.533. The predicted molar refractivity (Wildman–Crippen MR) is 85.9 cm³/mol.